The Hall–Kier alpha value is -0.773. The molecule has 1 atom stereocenters. The summed E-state index contributed by atoms with van der Waals surface area (Å²) in [6, 6.07) is 0. The Labute approximate surface area is 159 Å². The molecule has 0 nitrogen and oxygen atoms in total. The molecule has 0 aromatic heterocycles. The van der Waals surface area contributed by atoms with Gasteiger partial charge in [-0.15, -0.1) is 11.8 Å². The number of thioether (sulfide) groups is 1. The van der Waals surface area contributed by atoms with Crippen molar-refractivity contribution in [1.29, 1.82) is 0 Å². The molecule has 0 radical (unpaired) electrons. The van der Waals surface area contributed by atoms with Gasteiger partial charge in [-0.25, -0.2) is 0 Å². The predicted molar refractivity (Wildman–Crippen MR) is 114 cm³/mol. The van der Waals surface area contributed by atoms with Gasteiger partial charge in [-0.3, -0.25) is 0 Å². The number of fused-ring (bicyclic) bond motifs is 2. The molecule has 124 valence electrons. The summed E-state index contributed by atoms with van der Waals surface area (Å²) in [6.45, 7) is 11.9. The van der Waals surface area contributed by atoms with Gasteiger partial charge in [-0.1, -0.05) is 54.2 Å². The number of allylic oxidation sites excluding steroid dienone is 12. The first-order chi connectivity index (χ1) is 11.3. The molecule has 1 heterocycles. The van der Waals surface area contributed by atoms with E-state index in [2.05, 4.69) is 80.2 Å². The van der Waals surface area contributed by atoms with Crippen LogP contribution in [-0.4, -0.2) is 13.3 Å². The second kappa shape index (κ2) is 5.62. The van der Waals surface area contributed by atoms with Crippen LogP contribution in [0.2, 0.25) is 13.1 Å². The molecule has 0 spiro atoms. The highest BCUT2D eigenvalue weighted by molar-refractivity contribution is 9.12. The van der Waals surface area contributed by atoms with Crippen molar-refractivity contribution in [2.75, 3.05) is 0 Å². The van der Waals surface area contributed by atoms with Gasteiger partial charge in [0, 0.05) is 4.48 Å². The lowest BCUT2D eigenvalue weighted by Gasteiger charge is -2.31. The second-order valence-corrected chi connectivity index (χ2v) is 14.1. The minimum Gasteiger partial charge on any atom is -0.118 e. The molecule has 0 fully saturated rings. The maximum absolute atomic E-state index is 3.96. The maximum atomic E-state index is 3.96. The molecule has 3 heteroatoms. The van der Waals surface area contributed by atoms with Crippen molar-refractivity contribution in [3.8, 4) is 0 Å². The molecule has 0 aromatic carbocycles. The van der Waals surface area contributed by atoms with Gasteiger partial charge in [0.1, 0.15) is 8.07 Å². The Morgan fingerprint density at radius 2 is 1.92 bits per heavy atom. The van der Waals surface area contributed by atoms with Crippen LogP contribution in [0.25, 0.3) is 0 Å². The van der Waals surface area contributed by atoms with Gasteiger partial charge >= 0.3 is 0 Å². The summed E-state index contributed by atoms with van der Waals surface area (Å²) in [6.07, 6.45) is 13.0. The zero-order chi connectivity index (χ0) is 17.2. The second-order valence-electron chi connectivity index (χ2n) is 7.59. The van der Waals surface area contributed by atoms with Gasteiger partial charge in [-0.05, 0) is 75.5 Å². The molecule has 0 saturated heterocycles. The van der Waals surface area contributed by atoms with E-state index in [0.29, 0.717) is 5.25 Å². The van der Waals surface area contributed by atoms with Crippen LogP contribution in [0, 0.1) is 0 Å². The van der Waals surface area contributed by atoms with E-state index in [-0.39, 0.29) is 0 Å². The smallest absolute Gasteiger partial charge is 0.109 e. The fourth-order valence-corrected chi connectivity index (χ4v) is 10.1. The van der Waals surface area contributed by atoms with Crippen molar-refractivity contribution < 1.29 is 0 Å². The average molecular weight is 415 g/mol. The zero-order valence-corrected chi connectivity index (χ0v) is 18.4. The molecule has 24 heavy (non-hydrogen) atoms. The summed E-state index contributed by atoms with van der Waals surface area (Å²) >= 11 is 5.97. The van der Waals surface area contributed by atoms with Gasteiger partial charge in [-0.2, -0.15) is 0 Å². The largest absolute Gasteiger partial charge is 0.118 e. The molecular weight excluding hydrogens is 392 g/mol. The van der Waals surface area contributed by atoms with Crippen molar-refractivity contribution in [3.63, 3.8) is 0 Å². The van der Waals surface area contributed by atoms with Gasteiger partial charge in [0.2, 0.25) is 0 Å². The monoisotopic (exact) mass is 414 g/mol. The highest BCUT2D eigenvalue weighted by Crippen LogP contribution is 2.54. The minimum atomic E-state index is -1.62. The quantitative estimate of drug-likeness (QED) is 0.442. The Morgan fingerprint density at radius 1 is 1.17 bits per heavy atom. The molecule has 0 saturated carbocycles. The SMILES string of the molecule is CC1=C([Si](C)(C)C2=CC=CC2)C2=CC3SC(C)=C(C)C3=C(Br)C2=C1. The van der Waals surface area contributed by atoms with Crippen LogP contribution in [0.15, 0.2) is 78.0 Å². The maximum Gasteiger partial charge on any atom is 0.109 e. The third-order valence-electron chi connectivity index (χ3n) is 5.83. The van der Waals surface area contributed by atoms with Crippen molar-refractivity contribution >= 4 is 35.8 Å². The van der Waals surface area contributed by atoms with Gasteiger partial charge in [0.25, 0.3) is 0 Å². The van der Waals surface area contributed by atoms with Gasteiger partial charge in [0.05, 0.1) is 5.25 Å². The molecule has 0 aromatic rings. The van der Waals surface area contributed by atoms with Crippen LogP contribution in [0.3, 0.4) is 0 Å². The number of rotatable bonds is 2. The summed E-state index contributed by atoms with van der Waals surface area (Å²) < 4.78 is 1.32. The van der Waals surface area contributed by atoms with Crippen molar-refractivity contribution in [3.05, 3.63) is 78.0 Å². The van der Waals surface area contributed by atoms with E-state index in [1.54, 1.807) is 10.4 Å². The minimum absolute atomic E-state index is 0.480. The van der Waals surface area contributed by atoms with Gasteiger partial charge in [0.15, 0.2) is 0 Å². The summed E-state index contributed by atoms with van der Waals surface area (Å²) in [4.78, 5) is 1.46. The summed E-state index contributed by atoms with van der Waals surface area (Å²) in [5.41, 5.74) is 7.34. The summed E-state index contributed by atoms with van der Waals surface area (Å²) in [7, 11) is -1.62. The lowest BCUT2D eigenvalue weighted by Crippen LogP contribution is -2.33. The fraction of sp³-hybridized carbons (Fsp3) is 0.333. The predicted octanol–water partition coefficient (Wildman–Crippen LogP) is 6.91. The molecule has 1 unspecified atom stereocenters. The van der Waals surface area contributed by atoms with E-state index in [1.165, 1.54) is 37.3 Å². The fourth-order valence-electron chi connectivity index (χ4n) is 4.41. The van der Waals surface area contributed by atoms with Crippen LogP contribution in [0.4, 0.5) is 0 Å². The molecule has 1 aliphatic heterocycles. The lowest BCUT2D eigenvalue weighted by atomic mass is 9.92. The first kappa shape index (κ1) is 16.7. The Balaban J connectivity index is 1.80. The normalized spacial score (nSPS) is 26.1. The molecule has 0 N–H and O–H groups in total. The standard InChI is InChI=1S/C21H23BrSSi/c1-12-10-16-17(21(12)24(4,5)15-8-6-7-9-15)11-18-19(20(16)22)13(2)14(3)23-18/h6-8,10-11,18H,9H2,1-5H3. The van der Waals surface area contributed by atoms with E-state index in [1.807, 2.05) is 11.8 Å². The highest BCUT2D eigenvalue weighted by atomic mass is 79.9. The molecule has 0 bridgehead atoms. The van der Waals surface area contributed by atoms with Crippen LogP contribution >= 0.6 is 27.7 Å². The van der Waals surface area contributed by atoms with Crippen LogP contribution in [0.5, 0.6) is 0 Å². The van der Waals surface area contributed by atoms with Crippen LogP contribution < -0.4 is 0 Å². The van der Waals surface area contributed by atoms with Crippen molar-refractivity contribution in [2.24, 2.45) is 0 Å². The number of hydrogen-bond acceptors (Lipinski definition) is 1. The topological polar surface area (TPSA) is 0 Å². The van der Waals surface area contributed by atoms with Crippen molar-refractivity contribution in [2.45, 2.75) is 45.5 Å². The van der Waals surface area contributed by atoms with E-state index in [4.69, 9.17) is 0 Å². The summed E-state index contributed by atoms with van der Waals surface area (Å²) in [5.74, 6) is 0. The molecule has 0 amide bonds. The summed E-state index contributed by atoms with van der Waals surface area (Å²) in [5, 5.41) is 3.78. The van der Waals surface area contributed by atoms with E-state index < -0.39 is 8.07 Å². The third-order valence-corrected chi connectivity index (χ3v) is 11.9. The first-order valence-corrected chi connectivity index (χ1v) is 13.3. The molecule has 3 aliphatic carbocycles. The molecule has 4 rings (SSSR count). The van der Waals surface area contributed by atoms with E-state index in [0.717, 1.165) is 6.42 Å². The average Bonchev–Trinajstić information content (AvgIpc) is 3.19. The van der Waals surface area contributed by atoms with Crippen molar-refractivity contribution in [1.82, 2.24) is 0 Å². The van der Waals surface area contributed by atoms with Crippen LogP contribution in [0.1, 0.15) is 27.2 Å². The Kier molecular flexibility index (Phi) is 3.90. The lowest BCUT2D eigenvalue weighted by molar-refractivity contribution is 1.19. The Morgan fingerprint density at radius 3 is 2.58 bits per heavy atom. The Bertz CT molecular complexity index is 872. The highest BCUT2D eigenvalue weighted by Gasteiger charge is 2.41. The van der Waals surface area contributed by atoms with E-state index >= 15 is 0 Å². The number of hydrogen-bond donors (Lipinski definition) is 0. The third kappa shape index (κ3) is 2.24. The van der Waals surface area contributed by atoms with E-state index in [9.17, 15) is 0 Å². The number of halogens is 1. The van der Waals surface area contributed by atoms with Crippen LogP contribution in [-0.2, 0) is 0 Å². The van der Waals surface area contributed by atoms with Gasteiger partial charge < -0.3 is 0 Å². The first-order valence-electron chi connectivity index (χ1n) is 8.58. The molecular formula is C21H23BrSSi. The molecule has 4 aliphatic rings. The zero-order valence-electron chi connectivity index (χ0n) is 15.0.